The topological polar surface area (TPSA) is 154 Å². The number of primary amides is 1. The zero-order valence-electron chi connectivity index (χ0n) is 17.3. The van der Waals surface area contributed by atoms with Gasteiger partial charge in [-0.25, -0.2) is 0 Å². The van der Waals surface area contributed by atoms with Gasteiger partial charge in [0.2, 0.25) is 17.7 Å². The molecule has 0 aromatic heterocycles. The van der Waals surface area contributed by atoms with Gasteiger partial charge in [-0.15, -0.1) is 0 Å². The van der Waals surface area contributed by atoms with Crippen molar-refractivity contribution >= 4 is 29.7 Å². The molecule has 0 fully saturated rings. The highest BCUT2D eigenvalue weighted by Crippen LogP contribution is 2.20. The number of nitrogens with one attached hydrogen (secondary N) is 2. The molecule has 0 heterocycles. The smallest absolute Gasteiger partial charge is 0.320 e. The van der Waals surface area contributed by atoms with Crippen molar-refractivity contribution in [2.75, 3.05) is 14.2 Å². The summed E-state index contributed by atoms with van der Waals surface area (Å²) in [7, 11) is 2.16. The van der Waals surface area contributed by atoms with Crippen LogP contribution in [0.5, 0.6) is 0 Å². The van der Waals surface area contributed by atoms with Gasteiger partial charge in [-0.05, 0) is 5.56 Å². The van der Waals surface area contributed by atoms with Crippen LogP contribution >= 0.6 is 0 Å². The molecule has 10 nitrogen and oxygen atoms in total. The number of methoxy groups -OCH3 is 2. The van der Waals surface area contributed by atoms with E-state index in [-0.39, 0.29) is 6.42 Å². The first kappa shape index (κ1) is 24.6. The van der Waals surface area contributed by atoms with Gasteiger partial charge in [-0.2, -0.15) is 0 Å². The van der Waals surface area contributed by atoms with Gasteiger partial charge < -0.3 is 25.8 Å². The molecule has 3 amide bonds. The lowest BCUT2D eigenvalue weighted by Gasteiger charge is -2.28. The van der Waals surface area contributed by atoms with E-state index in [9.17, 15) is 24.0 Å². The zero-order chi connectivity index (χ0) is 22.8. The van der Waals surface area contributed by atoms with Crippen LogP contribution in [0, 0.1) is 11.8 Å². The molecule has 3 atom stereocenters. The molecule has 0 spiro atoms. The molecule has 0 bridgehead atoms. The van der Waals surface area contributed by atoms with Crippen molar-refractivity contribution in [2.45, 2.75) is 32.4 Å². The number of carbonyl (C=O) groups is 5. The standard InChI is InChI=1S/C20H27N3O7/c1-11(15(19(27)29-3)20(28)30-4)16(17(21)25)23-18(26)14(22-12(2)24)10-13-8-6-5-7-9-13/h5-9,11,14-16H,10H2,1-4H3,(H2,21,25)(H,22,24)(H,23,26)/t11-,14-,16-/m1/s1. The maximum atomic E-state index is 12.8. The Morgan fingerprint density at radius 2 is 1.50 bits per heavy atom. The largest absolute Gasteiger partial charge is 0.468 e. The molecule has 0 saturated carbocycles. The van der Waals surface area contributed by atoms with Gasteiger partial charge in [0.15, 0.2) is 5.92 Å². The van der Waals surface area contributed by atoms with Gasteiger partial charge in [-0.1, -0.05) is 37.3 Å². The number of nitrogens with two attached hydrogens (primary N) is 1. The molecule has 1 rings (SSSR count). The molecule has 0 unspecified atom stereocenters. The Balaban J connectivity index is 3.11. The minimum Gasteiger partial charge on any atom is -0.468 e. The highest BCUT2D eigenvalue weighted by atomic mass is 16.5. The second-order valence-corrected chi connectivity index (χ2v) is 6.71. The van der Waals surface area contributed by atoms with Crippen LogP contribution in [0.15, 0.2) is 30.3 Å². The van der Waals surface area contributed by atoms with Crippen LogP contribution in [-0.2, 0) is 39.9 Å². The summed E-state index contributed by atoms with van der Waals surface area (Å²) in [6.07, 6.45) is 0.156. The monoisotopic (exact) mass is 421 g/mol. The molecule has 10 heteroatoms. The quantitative estimate of drug-likeness (QED) is 0.333. The summed E-state index contributed by atoms with van der Waals surface area (Å²) in [6.45, 7) is 2.64. The third-order valence-corrected chi connectivity index (χ3v) is 4.54. The number of hydrogen-bond donors (Lipinski definition) is 3. The molecule has 0 aliphatic carbocycles. The molecule has 1 aromatic carbocycles. The van der Waals surface area contributed by atoms with Gasteiger partial charge in [-0.3, -0.25) is 24.0 Å². The highest BCUT2D eigenvalue weighted by molar-refractivity contribution is 5.97. The van der Waals surface area contributed by atoms with E-state index in [1.54, 1.807) is 24.3 Å². The number of esters is 2. The molecule has 30 heavy (non-hydrogen) atoms. The summed E-state index contributed by atoms with van der Waals surface area (Å²) in [6, 6.07) is 6.53. The van der Waals surface area contributed by atoms with E-state index < -0.39 is 53.6 Å². The van der Waals surface area contributed by atoms with Gasteiger partial charge >= 0.3 is 11.9 Å². The number of amides is 3. The Bertz CT molecular complexity index is 766. The summed E-state index contributed by atoms with van der Waals surface area (Å²) < 4.78 is 9.22. The van der Waals surface area contributed by atoms with Crippen molar-refractivity contribution in [3.05, 3.63) is 35.9 Å². The van der Waals surface area contributed by atoms with E-state index in [0.29, 0.717) is 0 Å². The summed E-state index contributed by atoms with van der Waals surface area (Å²) in [5.74, 6) is -6.52. The fourth-order valence-corrected chi connectivity index (χ4v) is 2.99. The second kappa shape index (κ2) is 11.5. The maximum absolute atomic E-state index is 12.8. The van der Waals surface area contributed by atoms with E-state index >= 15 is 0 Å². The molecular weight excluding hydrogens is 394 g/mol. The summed E-state index contributed by atoms with van der Waals surface area (Å²) in [5.41, 5.74) is 6.19. The number of carbonyl (C=O) groups excluding carboxylic acids is 5. The summed E-state index contributed by atoms with van der Waals surface area (Å²) >= 11 is 0. The van der Waals surface area contributed by atoms with Crippen LogP contribution in [0.25, 0.3) is 0 Å². The first-order chi connectivity index (χ1) is 14.1. The molecule has 0 aliphatic rings. The van der Waals surface area contributed by atoms with Gasteiger partial charge in [0.05, 0.1) is 14.2 Å². The Morgan fingerprint density at radius 3 is 1.93 bits per heavy atom. The van der Waals surface area contributed by atoms with Gasteiger partial charge in [0.25, 0.3) is 0 Å². The minimum absolute atomic E-state index is 0.156. The highest BCUT2D eigenvalue weighted by Gasteiger charge is 2.41. The lowest BCUT2D eigenvalue weighted by Crippen LogP contribution is -2.57. The van der Waals surface area contributed by atoms with Crippen LogP contribution in [0.4, 0.5) is 0 Å². The predicted octanol–water partition coefficient (Wildman–Crippen LogP) is -0.698. The number of hydrogen-bond acceptors (Lipinski definition) is 7. The second-order valence-electron chi connectivity index (χ2n) is 6.71. The zero-order valence-corrected chi connectivity index (χ0v) is 17.3. The van der Waals surface area contributed by atoms with E-state index in [1.807, 2.05) is 6.07 Å². The van der Waals surface area contributed by atoms with E-state index in [2.05, 4.69) is 20.1 Å². The number of rotatable bonds is 10. The number of benzene rings is 1. The Morgan fingerprint density at radius 1 is 0.967 bits per heavy atom. The van der Waals surface area contributed by atoms with Gasteiger partial charge in [0.1, 0.15) is 12.1 Å². The van der Waals surface area contributed by atoms with Crippen molar-refractivity contribution in [3.63, 3.8) is 0 Å². The molecule has 4 N–H and O–H groups in total. The fraction of sp³-hybridized carbons (Fsp3) is 0.450. The van der Waals surface area contributed by atoms with Crippen molar-refractivity contribution in [3.8, 4) is 0 Å². The van der Waals surface area contributed by atoms with Crippen LogP contribution in [0.2, 0.25) is 0 Å². The van der Waals surface area contributed by atoms with Gasteiger partial charge in [0, 0.05) is 19.3 Å². The van der Waals surface area contributed by atoms with E-state index in [1.165, 1.54) is 13.8 Å². The SMILES string of the molecule is COC(=O)C(C(=O)OC)[C@@H](C)[C@@H](NC(=O)[C@@H](Cc1ccccc1)NC(C)=O)C(N)=O. The average Bonchev–Trinajstić information content (AvgIpc) is 2.71. The van der Waals surface area contributed by atoms with E-state index in [0.717, 1.165) is 19.8 Å². The Kier molecular flexibility index (Phi) is 9.47. The molecule has 0 radical (unpaired) electrons. The lowest BCUT2D eigenvalue weighted by molar-refractivity contribution is -0.162. The third kappa shape index (κ3) is 6.87. The summed E-state index contributed by atoms with van der Waals surface area (Å²) in [4.78, 5) is 60.5. The Labute approximate surface area is 174 Å². The predicted molar refractivity (Wildman–Crippen MR) is 106 cm³/mol. The van der Waals surface area contributed by atoms with Crippen molar-refractivity contribution in [1.29, 1.82) is 0 Å². The first-order valence-electron chi connectivity index (χ1n) is 9.18. The normalized spacial score (nSPS) is 13.5. The van der Waals surface area contributed by atoms with Crippen LogP contribution in [0.3, 0.4) is 0 Å². The lowest BCUT2D eigenvalue weighted by atomic mass is 9.86. The molecular formula is C20H27N3O7. The molecule has 0 saturated heterocycles. The average molecular weight is 421 g/mol. The third-order valence-electron chi connectivity index (χ3n) is 4.54. The Hall–Kier alpha value is -3.43. The van der Waals surface area contributed by atoms with Crippen LogP contribution in [0.1, 0.15) is 19.4 Å². The van der Waals surface area contributed by atoms with Crippen molar-refractivity contribution in [2.24, 2.45) is 17.6 Å². The fourth-order valence-electron chi connectivity index (χ4n) is 2.99. The minimum atomic E-state index is -1.48. The van der Waals surface area contributed by atoms with Crippen molar-refractivity contribution in [1.82, 2.24) is 10.6 Å². The summed E-state index contributed by atoms with van der Waals surface area (Å²) in [5, 5.41) is 4.96. The maximum Gasteiger partial charge on any atom is 0.320 e. The molecule has 1 aromatic rings. The van der Waals surface area contributed by atoms with Crippen LogP contribution < -0.4 is 16.4 Å². The molecule has 164 valence electrons. The molecule has 0 aliphatic heterocycles. The van der Waals surface area contributed by atoms with Crippen LogP contribution in [-0.4, -0.2) is 56.0 Å². The van der Waals surface area contributed by atoms with E-state index in [4.69, 9.17) is 5.73 Å². The van der Waals surface area contributed by atoms with Crippen molar-refractivity contribution < 1.29 is 33.4 Å². The first-order valence-corrected chi connectivity index (χ1v) is 9.18. The number of ether oxygens (including phenoxy) is 2.